The van der Waals surface area contributed by atoms with Crippen molar-refractivity contribution in [2.24, 2.45) is 0 Å². The second-order valence-electron chi connectivity index (χ2n) is 4.40. The van der Waals surface area contributed by atoms with Gasteiger partial charge in [-0.3, -0.25) is 0 Å². The van der Waals surface area contributed by atoms with E-state index in [4.69, 9.17) is 10.5 Å². The number of rotatable bonds is 2. The molecule has 2 unspecified atom stereocenters. The van der Waals surface area contributed by atoms with Crippen LogP contribution in [0.15, 0.2) is 0 Å². The van der Waals surface area contributed by atoms with Gasteiger partial charge in [0.2, 0.25) is 0 Å². The van der Waals surface area contributed by atoms with Crippen LogP contribution in [0.4, 0.5) is 5.82 Å². The van der Waals surface area contributed by atoms with Gasteiger partial charge < -0.3 is 10.5 Å². The lowest BCUT2D eigenvalue weighted by atomic mass is 10.1. The summed E-state index contributed by atoms with van der Waals surface area (Å²) in [6.45, 7) is 6.13. The van der Waals surface area contributed by atoms with E-state index in [9.17, 15) is 0 Å². The molecule has 0 aromatic carbocycles. The van der Waals surface area contributed by atoms with Crippen molar-refractivity contribution in [3.63, 3.8) is 0 Å². The van der Waals surface area contributed by atoms with Crippen LogP contribution in [0.25, 0.3) is 0 Å². The van der Waals surface area contributed by atoms with Gasteiger partial charge in [-0.15, -0.1) is 0 Å². The first-order valence-electron chi connectivity index (χ1n) is 5.90. The summed E-state index contributed by atoms with van der Waals surface area (Å²) in [5, 5.41) is 0. The zero-order chi connectivity index (χ0) is 11.7. The molecule has 4 heteroatoms. The molecule has 1 aromatic heterocycles. The largest absolute Gasteiger partial charge is 0.383 e. The number of aromatic nitrogens is 2. The Morgan fingerprint density at radius 3 is 2.69 bits per heavy atom. The molecule has 0 spiro atoms. The predicted molar refractivity (Wildman–Crippen MR) is 63.1 cm³/mol. The third kappa shape index (κ3) is 2.02. The van der Waals surface area contributed by atoms with E-state index in [2.05, 4.69) is 23.8 Å². The molecule has 2 rings (SSSR count). The van der Waals surface area contributed by atoms with Crippen LogP contribution in [0.5, 0.6) is 0 Å². The summed E-state index contributed by atoms with van der Waals surface area (Å²) < 4.78 is 5.76. The summed E-state index contributed by atoms with van der Waals surface area (Å²) >= 11 is 0. The van der Waals surface area contributed by atoms with E-state index in [1.807, 2.05) is 6.92 Å². The summed E-state index contributed by atoms with van der Waals surface area (Å²) in [6.07, 6.45) is 3.29. The van der Waals surface area contributed by atoms with Crippen molar-refractivity contribution in [1.82, 2.24) is 9.97 Å². The monoisotopic (exact) mass is 221 g/mol. The van der Waals surface area contributed by atoms with Gasteiger partial charge in [0, 0.05) is 11.3 Å². The smallest absolute Gasteiger partial charge is 0.159 e. The first-order chi connectivity index (χ1) is 7.61. The van der Waals surface area contributed by atoms with E-state index >= 15 is 0 Å². The minimum atomic E-state index is 0.0307. The van der Waals surface area contributed by atoms with Gasteiger partial charge in [-0.25, -0.2) is 9.97 Å². The predicted octanol–water partition coefficient (Wildman–Crippen LogP) is 2.17. The minimum Gasteiger partial charge on any atom is -0.383 e. The maximum absolute atomic E-state index is 5.89. The Morgan fingerprint density at radius 2 is 2.12 bits per heavy atom. The van der Waals surface area contributed by atoms with Crippen LogP contribution in [0.3, 0.4) is 0 Å². The highest BCUT2D eigenvalue weighted by Gasteiger charge is 2.26. The van der Waals surface area contributed by atoms with Gasteiger partial charge in [0.25, 0.3) is 0 Å². The molecule has 4 nitrogen and oxygen atoms in total. The molecule has 2 N–H and O–H groups in total. The molecule has 1 saturated heterocycles. The van der Waals surface area contributed by atoms with Crippen LogP contribution in [0.1, 0.15) is 49.9 Å². The number of hydrogen-bond donors (Lipinski definition) is 1. The maximum Gasteiger partial charge on any atom is 0.159 e. The molecular weight excluding hydrogens is 202 g/mol. The molecule has 2 heterocycles. The summed E-state index contributed by atoms with van der Waals surface area (Å²) in [4.78, 5) is 8.89. The topological polar surface area (TPSA) is 61.0 Å². The molecule has 16 heavy (non-hydrogen) atoms. The van der Waals surface area contributed by atoms with Gasteiger partial charge in [0.1, 0.15) is 11.9 Å². The Kier molecular flexibility index (Phi) is 3.10. The van der Waals surface area contributed by atoms with Crippen molar-refractivity contribution in [2.75, 3.05) is 5.73 Å². The quantitative estimate of drug-likeness (QED) is 0.831. The van der Waals surface area contributed by atoms with E-state index in [0.717, 1.165) is 36.3 Å². The van der Waals surface area contributed by atoms with Gasteiger partial charge in [0.15, 0.2) is 5.82 Å². The third-order valence-corrected chi connectivity index (χ3v) is 3.16. The summed E-state index contributed by atoms with van der Waals surface area (Å²) in [6, 6.07) is 0. The Morgan fingerprint density at radius 1 is 1.38 bits per heavy atom. The maximum atomic E-state index is 5.89. The second kappa shape index (κ2) is 4.37. The Hall–Kier alpha value is -1.16. The van der Waals surface area contributed by atoms with E-state index in [1.54, 1.807) is 0 Å². The molecule has 88 valence electrons. The Balaban J connectivity index is 2.31. The molecule has 0 radical (unpaired) electrons. The molecule has 1 aliphatic heterocycles. The lowest BCUT2D eigenvalue weighted by molar-refractivity contribution is 0.0502. The lowest BCUT2D eigenvalue weighted by Crippen LogP contribution is -2.11. The fourth-order valence-corrected chi connectivity index (χ4v) is 2.08. The fraction of sp³-hybridized carbons (Fsp3) is 0.667. The number of nitrogens with two attached hydrogens (primary N) is 1. The number of ether oxygens (including phenoxy) is 1. The van der Waals surface area contributed by atoms with Crippen LogP contribution in [-0.4, -0.2) is 16.1 Å². The first-order valence-corrected chi connectivity index (χ1v) is 5.90. The molecule has 1 aliphatic rings. The van der Waals surface area contributed by atoms with E-state index in [-0.39, 0.29) is 6.10 Å². The molecule has 0 amide bonds. The highest BCUT2D eigenvalue weighted by molar-refractivity contribution is 5.41. The lowest BCUT2D eigenvalue weighted by Gasteiger charge is -2.13. The normalized spacial score (nSPS) is 24.9. The van der Waals surface area contributed by atoms with Gasteiger partial charge in [0.05, 0.1) is 6.10 Å². The van der Waals surface area contributed by atoms with Gasteiger partial charge in [-0.1, -0.05) is 6.92 Å². The SMILES string of the molecule is CCc1nc(C2CCC(C)O2)nc(N)c1C. The number of nitrogens with zero attached hydrogens (tertiary/aromatic N) is 2. The van der Waals surface area contributed by atoms with Crippen LogP contribution in [0.2, 0.25) is 0 Å². The van der Waals surface area contributed by atoms with E-state index < -0.39 is 0 Å². The van der Waals surface area contributed by atoms with Gasteiger partial charge in [-0.2, -0.15) is 0 Å². The molecule has 1 fully saturated rings. The Bertz CT molecular complexity index is 392. The summed E-state index contributed by atoms with van der Waals surface area (Å²) in [5.74, 6) is 1.34. The molecule has 0 aliphatic carbocycles. The molecule has 2 atom stereocenters. The second-order valence-corrected chi connectivity index (χ2v) is 4.40. The number of nitrogen functional groups attached to an aromatic ring is 1. The molecular formula is C12H19N3O. The zero-order valence-electron chi connectivity index (χ0n) is 10.2. The van der Waals surface area contributed by atoms with Crippen molar-refractivity contribution in [3.05, 3.63) is 17.1 Å². The van der Waals surface area contributed by atoms with Gasteiger partial charge >= 0.3 is 0 Å². The molecule has 0 bridgehead atoms. The third-order valence-electron chi connectivity index (χ3n) is 3.16. The fourth-order valence-electron chi connectivity index (χ4n) is 2.08. The number of hydrogen-bond acceptors (Lipinski definition) is 4. The standard InChI is InChI=1S/C12H19N3O/c1-4-9-8(3)11(13)15-12(14-9)10-6-5-7(2)16-10/h7,10H,4-6H2,1-3H3,(H2,13,14,15). The van der Waals surface area contributed by atoms with Crippen LogP contribution < -0.4 is 5.73 Å². The number of anilines is 1. The average Bonchev–Trinajstić information content (AvgIpc) is 2.69. The van der Waals surface area contributed by atoms with Crippen molar-refractivity contribution in [1.29, 1.82) is 0 Å². The van der Waals surface area contributed by atoms with Crippen LogP contribution in [-0.2, 0) is 11.2 Å². The van der Waals surface area contributed by atoms with Gasteiger partial charge in [-0.05, 0) is 33.1 Å². The summed E-state index contributed by atoms with van der Waals surface area (Å²) in [5.41, 5.74) is 7.92. The zero-order valence-corrected chi connectivity index (χ0v) is 10.2. The van der Waals surface area contributed by atoms with E-state index in [0.29, 0.717) is 11.9 Å². The first kappa shape index (κ1) is 11.3. The Labute approximate surface area is 96.2 Å². The highest BCUT2D eigenvalue weighted by Crippen LogP contribution is 2.31. The molecule has 0 saturated carbocycles. The summed E-state index contributed by atoms with van der Waals surface area (Å²) in [7, 11) is 0. The number of aryl methyl sites for hydroxylation is 1. The molecule has 1 aromatic rings. The minimum absolute atomic E-state index is 0.0307. The van der Waals surface area contributed by atoms with Crippen molar-refractivity contribution >= 4 is 5.82 Å². The highest BCUT2D eigenvalue weighted by atomic mass is 16.5. The van der Waals surface area contributed by atoms with E-state index in [1.165, 1.54) is 0 Å². The van der Waals surface area contributed by atoms with Crippen LogP contribution in [0, 0.1) is 6.92 Å². The van der Waals surface area contributed by atoms with Crippen LogP contribution >= 0.6 is 0 Å². The van der Waals surface area contributed by atoms with Crippen molar-refractivity contribution in [3.8, 4) is 0 Å². The van der Waals surface area contributed by atoms with Crippen molar-refractivity contribution in [2.45, 2.75) is 52.2 Å². The average molecular weight is 221 g/mol. The van der Waals surface area contributed by atoms with Crippen molar-refractivity contribution < 1.29 is 4.74 Å².